The van der Waals surface area contributed by atoms with Crippen LogP contribution in [-0.2, 0) is 4.79 Å². The molecule has 0 saturated carbocycles. The first kappa shape index (κ1) is 22.7. The Bertz CT molecular complexity index is 1090. The first-order chi connectivity index (χ1) is 14.8. The number of aromatic nitrogens is 3. The van der Waals surface area contributed by atoms with Gasteiger partial charge >= 0.3 is 0 Å². The molecule has 3 rings (SSSR count). The fourth-order valence-electron chi connectivity index (χ4n) is 2.39. The maximum atomic E-state index is 12.2. The largest absolute Gasteiger partial charge is 0.378 e. The lowest BCUT2D eigenvalue weighted by molar-refractivity contribution is -0.113. The summed E-state index contributed by atoms with van der Waals surface area (Å²) in [4.78, 5) is 14.2. The van der Waals surface area contributed by atoms with Crippen LogP contribution in [0.15, 0.2) is 52.7 Å². The Hall–Kier alpha value is -2.95. The van der Waals surface area contributed by atoms with Crippen LogP contribution in [0.5, 0.6) is 0 Å². The molecule has 0 radical (unpaired) electrons. The van der Waals surface area contributed by atoms with Crippen LogP contribution < -0.4 is 21.5 Å². The number of carbonyl (C=O) groups excluding carboxylic acids is 1. The number of rotatable bonds is 8. The second kappa shape index (κ2) is 10.4. The van der Waals surface area contributed by atoms with Crippen LogP contribution in [0.25, 0.3) is 0 Å². The molecule has 0 atom stereocenters. The van der Waals surface area contributed by atoms with E-state index in [2.05, 4.69) is 26.0 Å². The average Bonchev–Trinajstić information content (AvgIpc) is 3.10. The molecule has 3 aromatic rings. The van der Waals surface area contributed by atoms with Crippen molar-refractivity contribution in [1.82, 2.24) is 14.9 Å². The van der Waals surface area contributed by atoms with Gasteiger partial charge in [-0.3, -0.25) is 4.79 Å². The van der Waals surface area contributed by atoms with Gasteiger partial charge < -0.3 is 16.1 Å². The van der Waals surface area contributed by atoms with E-state index in [1.165, 1.54) is 4.68 Å². The number of thioether (sulfide) groups is 1. The highest BCUT2D eigenvalue weighted by atomic mass is 35.5. The summed E-state index contributed by atoms with van der Waals surface area (Å²) >= 11 is 13.1. The summed E-state index contributed by atoms with van der Waals surface area (Å²) in [6, 6.07) is 12.9. The molecule has 2 aromatic carbocycles. The first-order valence-corrected chi connectivity index (χ1v) is 10.7. The average molecular weight is 479 g/mol. The number of nitrogens with zero attached hydrogens (tertiary/aromatic N) is 5. The van der Waals surface area contributed by atoms with Crippen molar-refractivity contribution in [2.24, 2.45) is 5.10 Å². The van der Waals surface area contributed by atoms with Crippen LogP contribution in [0.2, 0.25) is 10.0 Å². The van der Waals surface area contributed by atoms with Crippen LogP contribution in [0.3, 0.4) is 0 Å². The van der Waals surface area contributed by atoms with E-state index < -0.39 is 0 Å². The fourth-order valence-corrected chi connectivity index (χ4v) is 3.40. The minimum absolute atomic E-state index is 0.0552. The van der Waals surface area contributed by atoms with Crippen molar-refractivity contribution in [3.63, 3.8) is 0 Å². The number of nitrogens with one attached hydrogen (secondary N) is 2. The second-order valence-electron chi connectivity index (χ2n) is 6.47. The topological polar surface area (TPSA) is 113 Å². The number of amides is 1. The Kier molecular flexibility index (Phi) is 7.61. The van der Waals surface area contributed by atoms with Gasteiger partial charge in [0, 0.05) is 19.8 Å². The van der Waals surface area contributed by atoms with E-state index in [4.69, 9.17) is 29.0 Å². The van der Waals surface area contributed by atoms with Crippen LogP contribution in [0.1, 0.15) is 5.56 Å². The highest BCUT2D eigenvalue weighted by molar-refractivity contribution is 7.99. The molecule has 0 aliphatic heterocycles. The predicted octanol–water partition coefficient (Wildman–Crippen LogP) is 3.54. The lowest BCUT2D eigenvalue weighted by Gasteiger charge is -2.11. The minimum Gasteiger partial charge on any atom is -0.378 e. The van der Waals surface area contributed by atoms with E-state index in [0.717, 1.165) is 23.0 Å². The van der Waals surface area contributed by atoms with Crippen LogP contribution in [-0.4, -0.2) is 46.8 Å². The molecule has 0 aliphatic carbocycles. The molecular formula is C19H20Cl2N8OS. The summed E-state index contributed by atoms with van der Waals surface area (Å²) < 4.78 is 1.22. The monoisotopic (exact) mass is 478 g/mol. The summed E-state index contributed by atoms with van der Waals surface area (Å²) in [5.74, 6) is 5.98. The van der Waals surface area contributed by atoms with Crippen molar-refractivity contribution in [2.45, 2.75) is 5.16 Å². The molecule has 1 aromatic heterocycles. The molecule has 12 heteroatoms. The third-order valence-corrected chi connectivity index (χ3v) is 5.77. The Morgan fingerprint density at radius 3 is 2.68 bits per heavy atom. The van der Waals surface area contributed by atoms with Crippen molar-refractivity contribution in [3.8, 4) is 0 Å². The summed E-state index contributed by atoms with van der Waals surface area (Å²) in [6.45, 7) is 0. The van der Waals surface area contributed by atoms with Crippen molar-refractivity contribution >= 4 is 64.4 Å². The molecule has 4 N–H and O–H groups in total. The number of hydrogen-bond donors (Lipinski definition) is 3. The number of benzene rings is 2. The molecule has 1 heterocycles. The van der Waals surface area contributed by atoms with Crippen LogP contribution in [0, 0.1) is 0 Å². The van der Waals surface area contributed by atoms with Crippen molar-refractivity contribution in [1.29, 1.82) is 0 Å². The van der Waals surface area contributed by atoms with Gasteiger partial charge in [-0.25, -0.2) is 10.1 Å². The molecule has 1 amide bonds. The molecule has 0 spiro atoms. The first-order valence-electron chi connectivity index (χ1n) is 8.98. The lowest BCUT2D eigenvalue weighted by Crippen LogP contribution is -2.17. The Labute approximate surface area is 193 Å². The molecule has 0 bridgehead atoms. The van der Waals surface area contributed by atoms with Gasteiger partial charge in [-0.15, -0.1) is 10.2 Å². The number of halogens is 2. The Balaban J connectivity index is 1.53. The van der Waals surface area contributed by atoms with Crippen LogP contribution >= 0.6 is 35.0 Å². The highest BCUT2D eigenvalue weighted by Gasteiger charge is 2.13. The third-order valence-electron chi connectivity index (χ3n) is 4.01. The molecule has 0 unspecified atom stereocenters. The molecule has 0 fully saturated rings. The molecule has 0 saturated heterocycles. The normalized spacial score (nSPS) is 11.0. The smallest absolute Gasteiger partial charge is 0.264 e. The van der Waals surface area contributed by atoms with E-state index in [1.807, 2.05) is 43.3 Å². The second-order valence-corrected chi connectivity index (χ2v) is 8.20. The van der Waals surface area contributed by atoms with Gasteiger partial charge in [0.25, 0.3) is 5.95 Å². The maximum Gasteiger partial charge on any atom is 0.264 e. The molecule has 162 valence electrons. The number of hydrazone groups is 1. The van der Waals surface area contributed by atoms with Crippen LogP contribution in [0.4, 0.5) is 17.3 Å². The number of anilines is 3. The van der Waals surface area contributed by atoms with Crippen molar-refractivity contribution in [3.05, 3.63) is 58.1 Å². The number of hydrogen-bond acceptors (Lipinski definition) is 8. The maximum absolute atomic E-state index is 12.2. The van der Waals surface area contributed by atoms with E-state index in [0.29, 0.717) is 15.9 Å². The van der Waals surface area contributed by atoms with Crippen molar-refractivity contribution in [2.75, 3.05) is 41.3 Å². The minimum atomic E-state index is -0.286. The predicted molar refractivity (Wildman–Crippen MR) is 128 cm³/mol. The van der Waals surface area contributed by atoms with E-state index >= 15 is 0 Å². The highest BCUT2D eigenvalue weighted by Crippen LogP contribution is 2.29. The summed E-state index contributed by atoms with van der Waals surface area (Å²) in [5, 5.41) is 15.7. The van der Waals surface area contributed by atoms with Gasteiger partial charge in [0.2, 0.25) is 11.1 Å². The third kappa shape index (κ3) is 6.03. The quantitative estimate of drug-likeness (QED) is 0.196. The Morgan fingerprint density at radius 2 is 1.97 bits per heavy atom. The SMILES string of the molecule is CN(C)c1ccc(/C=N/Nc2nnc(SCC(=O)Nc3cccc(Cl)c3Cl)n2N)cc1. The zero-order chi connectivity index (χ0) is 22.4. The Morgan fingerprint density at radius 1 is 1.23 bits per heavy atom. The van der Waals surface area contributed by atoms with Gasteiger partial charge in [0.1, 0.15) is 0 Å². The van der Waals surface area contributed by atoms with Crippen molar-refractivity contribution < 1.29 is 4.79 Å². The van der Waals surface area contributed by atoms with Gasteiger partial charge in [0.05, 0.1) is 27.7 Å². The van der Waals surface area contributed by atoms with Gasteiger partial charge in [-0.05, 0) is 29.8 Å². The molecule has 31 heavy (non-hydrogen) atoms. The molecule has 0 aliphatic rings. The van der Waals surface area contributed by atoms with E-state index in [-0.39, 0.29) is 22.6 Å². The molecule has 9 nitrogen and oxygen atoms in total. The summed E-state index contributed by atoms with van der Waals surface area (Å²) in [5.41, 5.74) is 5.17. The van der Waals surface area contributed by atoms with E-state index in [1.54, 1.807) is 24.4 Å². The lowest BCUT2D eigenvalue weighted by atomic mass is 10.2. The van der Waals surface area contributed by atoms with Gasteiger partial charge in [0.15, 0.2) is 0 Å². The van der Waals surface area contributed by atoms with Gasteiger partial charge in [-0.1, -0.05) is 53.2 Å². The number of carbonyl (C=O) groups is 1. The molecular weight excluding hydrogens is 459 g/mol. The number of nitrogen functional groups attached to an aromatic ring is 1. The zero-order valence-corrected chi connectivity index (χ0v) is 19.0. The zero-order valence-electron chi connectivity index (χ0n) is 16.7. The summed E-state index contributed by atoms with van der Waals surface area (Å²) in [7, 11) is 3.95. The standard InChI is InChI=1S/C19H20Cl2N8OS/c1-28(2)13-8-6-12(7-9-13)10-23-25-18-26-27-19(29(18)22)31-11-16(30)24-15-5-3-4-14(20)17(15)21/h3-10H,11,22H2,1-2H3,(H,24,30)(H,25,26)/b23-10+. The number of nitrogens with two attached hydrogens (primary N) is 1. The fraction of sp³-hybridized carbons (Fsp3) is 0.158. The van der Waals surface area contributed by atoms with E-state index in [9.17, 15) is 4.79 Å². The van der Waals surface area contributed by atoms with Gasteiger partial charge in [-0.2, -0.15) is 5.10 Å². The summed E-state index contributed by atoms with van der Waals surface area (Å²) in [6.07, 6.45) is 1.64.